The van der Waals surface area contributed by atoms with Gasteiger partial charge in [0.2, 0.25) is 5.91 Å². The van der Waals surface area contributed by atoms with Crippen molar-refractivity contribution in [3.05, 3.63) is 71.3 Å². The van der Waals surface area contributed by atoms with E-state index in [4.69, 9.17) is 0 Å². The van der Waals surface area contributed by atoms with E-state index in [2.05, 4.69) is 10.6 Å². The van der Waals surface area contributed by atoms with Crippen molar-refractivity contribution in [2.75, 3.05) is 0 Å². The summed E-state index contributed by atoms with van der Waals surface area (Å²) < 4.78 is 0. The third kappa shape index (κ3) is 5.69. The Morgan fingerprint density at radius 2 is 1.77 bits per heavy atom. The number of carboxylic acids is 1. The van der Waals surface area contributed by atoms with Crippen LogP contribution in [0.15, 0.2) is 54.6 Å². The molecule has 0 aromatic heterocycles. The Balaban J connectivity index is 1.51. The molecule has 0 saturated heterocycles. The van der Waals surface area contributed by atoms with Gasteiger partial charge in [0, 0.05) is 18.0 Å². The maximum atomic E-state index is 12.4. The highest BCUT2D eigenvalue weighted by Crippen LogP contribution is 2.47. The SMILES string of the molecule is CCCC[C@H](NC(=O)C1C[C@H]1c1ccc(C(=O)NCc2ccccc2)cc1)C(=O)O. The first kappa shape index (κ1) is 21.6. The molecule has 1 aliphatic rings. The average molecular weight is 408 g/mol. The molecule has 0 aliphatic heterocycles. The molecule has 1 aliphatic carbocycles. The molecule has 0 spiro atoms. The maximum absolute atomic E-state index is 12.4. The normalized spacial score (nSPS) is 18.3. The van der Waals surface area contributed by atoms with Crippen LogP contribution in [0.3, 0.4) is 0 Å². The van der Waals surface area contributed by atoms with Crippen molar-refractivity contribution in [1.82, 2.24) is 10.6 Å². The number of carboxylic acid groups (broad SMARTS) is 1. The van der Waals surface area contributed by atoms with Gasteiger partial charge < -0.3 is 15.7 Å². The van der Waals surface area contributed by atoms with Gasteiger partial charge in [-0.1, -0.05) is 62.2 Å². The fourth-order valence-corrected chi connectivity index (χ4v) is 3.56. The standard InChI is InChI=1S/C24H28N2O4/c1-2-3-9-21(24(29)30)26-23(28)20-14-19(20)17-10-12-18(13-11-17)22(27)25-15-16-7-5-4-6-8-16/h4-8,10-13,19-21H,2-3,9,14-15H2,1H3,(H,25,27)(H,26,28)(H,29,30)/t19-,20?,21-/m0/s1. The van der Waals surface area contributed by atoms with Crippen LogP contribution in [0.5, 0.6) is 0 Å². The Kier molecular flexibility index (Phi) is 7.22. The highest BCUT2D eigenvalue weighted by molar-refractivity contribution is 5.94. The molecule has 2 aromatic carbocycles. The molecular weight excluding hydrogens is 380 g/mol. The number of aliphatic carboxylic acids is 1. The van der Waals surface area contributed by atoms with Gasteiger partial charge in [-0.15, -0.1) is 0 Å². The van der Waals surface area contributed by atoms with Crippen LogP contribution in [0.25, 0.3) is 0 Å². The van der Waals surface area contributed by atoms with E-state index in [1.807, 2.05) is 49.4 Å². The molecule has 1 unspecified atom stereocenters. The first-order valence-electron chi connectivity index (χ1n) is 10.4. The quantitative estimate of drug-likeness (QED) is 0.561. The third-order valence-electron chi connectivity index (χ3n) is 5.49. The number of unbranched alkanes of at least 4 members (excludes halogenated alkanes) is 1. The van der Waals surface area contributed by atoms with Crippen LogP contribution in [0.1, 0.15) is 60.0 Å². The number of carbonyl (C=O) groups excluding carboxylic acids is 2. The molecule has 1 saturated carbocycles. The second-order valence-electron chi connectivity index (χ2n) is 7.78. The van der Waals surface area contributed by atoms with E-state index in [-0.39, 0.29) is 23.7 Å². The van der Waals surface area contributed by atoms with Crippen molar-refractivity contribution in [2.45, 2.75) is 51.1 Å². The van der Waals surface area contributed by atoms with Crippen molar-refractivity contribution in [3.8, 4) is 0 Å². The molecule has 3 atom stereocenters. The van der Waals surface area contributed by atoms with Crippen LogP contribution in [0, 0.1) is 5.92 Å². The number of carbonyl (C=O) groups is 3. The summed E-state index contributed by atoms with van der Waals surface area (Å²) in [5.41, 5.74) is 2.60. The van der Waals surface area contributed by atoms with Gasteiger partial charge in [0.15, 0.2) is 0 Å². The van der Waals surface area contributed by atoms with Crippen molar-refractivity contribution in [1.29, 1.82) is 0 Å². The summed E-state index contributed by atoms with van der Waals surface area (Å²) in [4.78, 5) is 36.1. The van der Waals surface area contributed by atoms with E-state index < -0.39 is 12.0 Å². The Labute approximate surface area is 176 Å². The molecule has 2 aromatic rings. The Hall–Kier alpha value is -3.15. The van der Waals surface area contributed by atoms with Gasteiger partial charge in [0.1, 0.15) is 6.04 Å². The molecule has 1 fully saturated rings. The molecule has 2 amide bonds. The molecule has 0 radical (unpaired) electrons. The van der Waals surface area contributed by atoms with Gasteiger partial charge in [-0.25, -0.2) is 4.79 Å². The topological polar surface area (TPSA) is 95.5 Å². The van der Waals surface area contributed by atoms with Gasteiger partial charge in [-0.2, -0.15) is 0 Å². The van der Waals surface area contributed by atoms with Gasteiger partial charge in [0.05, 0.1) is 0 Å². The summed E-state index contributed by atoms with van der Waals surface area (Å²) in [6.07, 6.45) is 2.80. The van der Waals surface area contributed by atoms with E-state index in [9.17, 15) is 19.5 Å². The summed E-state index contributed by atoms with van der Waals surface area (Å²) in [5, 5.41) is 14.8. The molecule has 3 N–H and O–H groups in total. The minimum Gasteiger partial charge on any atom is -0.480 e. The van der Waals surface area contributed by atoms with Crippen molar-refractivity contribution < 1.29 is 19.5 Å². The molecule has 158 valence electrons. The lowest BCUT2D eigenvalue weighted by atomic mass is 10.1. The summed E-state index contributed by atoms with van der Waals surface area (Å²) in [6, 6.07) is 16.2. The predicted molar refractivity (Wildman–Crippen MR) is 114 cm³/mol. The lowest BCUT2D eigenvalue weighted by Gasteiger charge is -2.14. The lowest BCUT2D eigenvalue weighted by Crippen LogP contribution is -2.41. The van der Waals surface area contributed by atoms with Gasteiger partial charge in [0.25, 0.3) is 5.91 Å². The van der Waals surface area contributed by atoms with Crippen LogP contribution >= 0.6 is 0 Å². The highest BCUT2D eigenvalue weighted by atomic mass is 16.4. The van der Waals surface area contributed by atoms with Crippen molar-refractivity contribution in [3.63, 3.8) is 0 Å². The van der Waals surface area contributed by atoms with E-state index in [0.717, 1.165) is 24.0 Å². The zero-order valence-corrected chi connectivity index (χ0v) is 17.1. The number of hydrogen-bond acceptors (Lipinski definition) is 3. The zero-order valence-electron chi connectivity index (χ0n) is 17.1. The number of hydrogen-bond donors (Lipinski definition) is 3. The first-order chi connectivity index (χ1) is 14.5. The third-order valence-corrected chi connectivity index (χ3v) is 5.49. The van der Waals surface area contributed by atoms with E-state index in [0.29, 0.717) is 24.9 Å². The van der Waals surface area contributed by atoms with Gasteiger partial charge >= 0.3 is 5.97 Å². The van der Waals surface area contributed by atoms with Crippen LogP contribution in [0.2, 0.25) is 0 Å². The molecule has 6 heteroatoms. The van der Waals surface area contributed by atoms with Crippen LogP contribution < -0.4 is 10.6 Å². The number of amides is 2. The smallest absolute Gasteiger partial charge is 0.326 e. The Morgan fingerprint density at radius 1 is 1.07 bits per heavy atom. The summed E-state index contributed by atoms with van der Waals surface area (Å²) in [7, 11) is 0. The fourth-order valence-electron chi connectivity index (χ4n) is 3.56. The maximum Gasteiger partial charge on any atom is 0.326 e. The molecule has 0 heterocycles. The fraction of sp³-hybridized carbons (Fsp3) is 0.375. The molecule has 6 nitrogen and oxygen atoms in total. The van der Waals surface area contributed by atoms with Crippen LogP contribution in [-0.2, 0) is 16.1 Å². The molecule has 30 heavy (non-hydrogen) atoms. The van der Waals surface area contributed by atoms with Crippen LogP contribution in [-0.4, -0.2) is 28.9 Å². The van der Waals surface area contributed by atoms with E-state index >= 15 is 0 Å². The molecule has 0 bridgehead atoms. The average Bonchev–Trinajstić information content (AvgIpc) is 3.56. The minimum absolute atomic E-state index is 0.0760. The summed E-state index contributed by atoms with van der Waals surface area (Å²) in [6.45, 7) is 2.46. The second kappa shape index (κ2) is 10.1. The van der Waals surface area contributed by atoms with Crippen molar-refractivity contribution >= 4 is 17.8 Å². The Bertz CT molecular complexity index is 880. The number of benzene rings is 2. The van der Waals surface area contributed by atoms with E-state index in [1.54, 1.807) is 12.1 Å². The van der Waals surface area contributed by atoms with Crippen molar-refractivity contribution in [2.24, 2.45) is 5.92 Å². The molecular formula is C24H28N2O4. The number of rotatable bonds is 10. The number of nitrogens with one attached hydrogen (secondary N) is 2. The van der Waals surface area contributed by atoms with E-state index in [1.165, 1.54) is 0 Å². The monoisotopic (exact) mass is 408 g/mol. The lowest BCUT2D eigenvalue weighted by molar-refractivity contribution is -0.142. The highest BCUT2D eigenvalue weighted by Gasteiger charge is 2.44. The first-order valence-corrected chi connectivity index (χ1v) is 10.4. The summed E-state index contributed by atoms with van der Waals surface area (Å²) in [5.74, 6) is -1.46. The predicted octanol–water partition coefficient (Wildman–Crippen LogP) is 3.48. The largest absolute Gasteiger partial charge is 0.480 e. The zero-order chi connectivity index (χ0) is 21.5. The second-order valence-corrected chi connectivity index (χ2v) is 7.78. The summed E-state index contributed by atoms with van der Waals surface area (Å²) >= 11 is 0. The van der Waals surface area contributed by atoms with Gasteiger partial charge in [-0.05, 0) is 42.0 Å². The van der Waals surface area contributed by atoms with Crippen LogP contribution in [0.4, 0.5) is 0 Å². The minimum atomic E-state index is -0.986. The Morgan fingerprint density at radius 3 is 2.40 bits per heavy atom. The molecule has 3 rings (SSSR count). The van der Waals surface area contributed by atoms with Gasteiger partial charge in [-0.3, -0.25) is 9.59 Å².